The molecule has 2 amide bonds. The first-order chi connectivity index (χ1) is 15.9. The number of para-hydroxylation sites is 1. The largest absolute Gasteiger partial charge is 0.391 e. The summed E-state index contributed by atoms with van der Waals surface area (Å²) in [4.78, 5) is 29.6. The van der Waals surface area contributed by atoms with Crippen molar-refractivity contribution in [1.82, 2.24) is 4.90 Å². The van der Waals surface area contributed by atoms with E-state index in [9.17, 15) is 14.7 Å². The number of rotatable bonds is 4. The number of carbonyl (C=O) groups is 2. The Morgan fingerprint density at radius 1 is 1.00 bits per heavy atom. The average Bonchev–Trinajstić information content (AvgIpc) is 2.95. The second-order valence-corrected chi connectivity index (χ2v) is 8.70. The lowest BCUT2D eigenvalue weighted by atomic mass is 9.98. The predicted octanol–water partition coefficient (Wildman–Crippen LogP) is 4.61. The van der Waals surface area contributed by atoms with Gasteiger partial charge < -0.3 is 20.2 Å². The molecule has 1 aliphatic rings. The maximum absolute atomic E-state index is 13.4. The first-order valence-electron chi connectivity index (χ1n) is 10.8. The third kappa shape index (κ3) is 4.78. The number of amides is 2. The Morgan fingerprint density at radius 2 is 1.67 bits per heavy atom. The van der Waals surface area contributed by atoms with Gasteiger partial charge in [0.25, 0.3) is 11.8 Å². The van der Waals surface area contributed by atoms with Gasteiger partial charge in [-0.2, -0.15) is 0 Å². The smallest absolute Gasteiger partial charge is 0.258 e. The number of aliphatic hydroxyl groups is 1. The molecule has 0 aliphatic carbocycles. The predicted molar refractivity (Wildman–Crippen MR) is 131 cm³/mol. The van der Waals surface area contributed by atoms with Crippen molar-refractivity contribution in [3.63, 3.8) is 0 Å². The standard InChI is InChI=1S/C26H26ClN3O3/c1-29(2)24-20-8-4-6-10-22(20)30(16-15-23(24)31)26(33)17-11-13-18(14-12-17)28-25(32)19-7-3-5-9-21(19)27/h3-14,23-24,31H,15-16H2,1-2H3,(H,28,32)/t23-,24-/m0/s1. The van der Waals surface area contributed by atoms with Crippen molar-refractivity contribution in [3.8, 4) is 0 Å². The van der Waals surface area contributed by atoms with Gasteiger partial charge in [0.2, 0.25) is 0 Å². The molecule has 0 spiro atoms. The van der Waals surface area contributed by atoms with Crippen LogP contribution in [-0.4, -0.2) is 48.6 Å². The zero-order valence-corrected chi connectivity index (χ0v) is 19.3. The Labute approximate surface area is 198 Å². The summed E-state index contributed by atoms with van der Waals surface area (Å²) in [5.74, 6) is -0.470. The van der Waals surface area contributed by atoms with Crippen molar-refractivity contribution in [2.75, 3.05) is 30.9 Å². The molecule has 7 heteroatoms. The van der Waals surface area contributed by atoms with Crippen LogP contribution in [-0.2, 0) is 0 Å². The van der Waals surface area contributed by atoms with Gasteiger partial charge in [-0.25, -0.2) is 0 Å². The van der Waals surface area contributed by atoms with Crippen LogP contribution in [0.5, 0.6) is 0 Å². The number of nitrogens with one attached hydrogen (secondary N) is 1. The molecule has 0 saturated carbocycles. The number of nitrogens with zero attached hydrogens (tertiary/aromatic N) is 2. The number of hydrogen-bond acceptors (Lipinski definition) is 4. The topological polar surface area (TPSA) is 72.9 Å². The lowest BCUT2D eigenvalue weighted by molar-refractivity contribution is 0.0729. The van der Waals surface area contributed by atoms with Crippen LogP contribution in [0.1, 0.15) is 38.7 Å². The van der Waals surface area contributed by atoms with Crippen molar-refractivity contribution in [1.29, 1.82) is 0 Å². The molecule has 1 heterocycles. The third-order valence-electron chi connectivity index (χ3n) is 5.87. The van der Waals surface area contributed by atoms with E-state index in [0.29, 0.717) is 34.8 Å². The van der Waals surface area contributed by atoms with Gasteiger partial charge in [0.1, 0.15) is 0 Å². The van der Waals surface area contributed by atoms with Crippen LogP contribution in [0.3, 0.4) is 0 Å². The van der Waals surface area contributed by atoms with Crippen molar-refractivity contribution >= 4 is 34.8 Å². The zero-order valence-electron chi connectivity index (χ0n) is 18.5. The van der Waals surface area contributed by atoms with E-state index < -0.39 is 6.10 Å². The Balaban J connectivity index is 1.56. The van der Waals surface area contributed by atoms with Crippen LogP contribution in [0, 0.1) is 0 Å². The molecule has 1 aliphatic heterocycles. The molecule has 0 saturated heterocycles. The van der Waals surface area contributed by atoms with E-state index in [-0.39, 0.29) is 17.9 Å². The summed E-state index contributed by atoms with van der Waals surface area (Å²) in [5, 5.41) is 13.9. The summed E-state index contributed by atoms with van der Waals surface area (Å²) < 4.78 is 0. The highest BCUT2D eigenvalue weighted by Crippen LogP contribution is 2.36. The van der Waals surface area contributed by atoms with E-state index in [4.69, 9.17) is 11.6 Å². The molecule has 4 rings (SSSR count). The lowest BCUT2D eigenvalue weighted by Crippen LogP contribution is -2.32. The molecule has 0 aromatic heterocycles. The van der Waals surface area contributed by atoms with E-state index in [2.05, 4.69) is 5.32 Å². The molecule has 170 valence electrons. The molecule has 0 bridgehead atoms. The molecule has 2 atom stereocenters. The van der Waals surface area contributed by atoms with Crippen LogP contribution in [0.4, 0.5) is 11.4 Å². The average molecular weight is 464 g/mol. The summed E-state index contributed by atoms with van der Waals surface area (Å²) in [6, 6.07) is 21.1. The van der Waals surface area contributed by atoms with Gasteiger partial charge in [-0.15, -0.1) is 0 Å². The number of fused-ring (bicyclic) bond motifs is 1. The van der Waals surface area contributed by atoms with Crippen molar-refractivity contribution in [2.24, 2.45) is 0 Å². The molecular weight excluding hydrogens is 438 g/mol. The van der Waals surface area contributed by atoms with E-state index in [1.54, 1.807) is 53.4 Å². The second-order valence-electron chi connectivity index (χ2n) is 8.29. The van der Waals surface area contributed by atoms with Crippen LogP contribution in [0.15, 0.2) is 72.8 Å². The minimum atomic E-state index is -0.582. The van der Waals surface area contributed by atoms with Gasteiger partial charge in [-0.3, -0.25) is 9.59 Å². The third-order valence-corrected chi connectivity index (χ3v) is 6.20. The SMILES string of the molecule is CN(C)[C@H]1c2ccccc2N(C(=O)c2ccc(NC(=O)c3ccccc3Cl)cc2)CC[C@@H]1O. The summed E-state index contributed by atoms with van der Waals surface area (Å²) in [7, 11) is 3.86. The van der Waals surface area contributed by atoms with Gasteiger partial charge in [-0.1, -0.05) is 41.9 Å². The van der Waals surface area contributed by atoms with Crippen molar-refractivity contribution in [2.45, 2.75) is 18.6 Å². The van der Waals surface area contributed by atoms with E-state index >= 15 is 0 Å². The highest BCUT2D eigenvalue weighted by molar-refractivity contribution is 6.34. The summed E-state index contributed by atoms with van der Waals surface area (Å²) in [6.45, 7) is 0.409. The highest BCUT2D eigenvalue weighted by Gasteiger charge is 2.33. The van der Waals surface area contributed by atoms with Gasteiger partial charge in [-0.05, 0) is 68.5 Å². The number of likely N-dealkylation sites (N-methyl/N-ethyl adjacent to an activating group) is 1. The molecule has 33 heavy (non-hydrogen) atoms. The number of carbonyl (C=O) groups excluding carboxylic acids is 2. The fourth-order valence-corrected chi connectivity index (χ4v) is 4.48. The minimum Gasteiger partial charge on any atom is -0.391 e. The number of aliphatic hydroxyl groups excluding tert-OH is 1. The van der Waals surface area contributed by atoms with Gasteiger partial charge >= 0.3 is 0 Å². The maximum atomic E-state index is 13.4. The Bertz CT molecular complexity index is 1160. The van der Waals surface area contributed by atoms with Crippen LogP contribution in [0.25, 0.3) is 0 Å². The molecule has 0 unspecified atom stereocenters. The Kier molecular flexibility index (Phi) is 6.79. The lowest BCUT2D eigenvalue weighted by Gasteiger charge is -2.29. The molecule has 2 N–H and O–H groups in total. The Morgan fingerprint density at radius 3 is 2.36 bits per heavy atom. The number of anilines is 2. The number of halogens is 1. The normalized spacial score (nSPS) is 17.9. The molecule has 3 aromatic carbocycles. The van der Waals surface area contributed by atoms with Gasteiger partial charge in [0.15, 0.2) is 0 Å². The first-order valence-corrected chi connectivity index (χ1v) is 11.2. The highest BCUT2D eigenvalue weighted by atomic mass is 35.5. The summed E-state index contributed by atoms with van der Waals surface area (Å²) in [6.07, 6.45) is -0.115. The van der Waals surface area contributed by atoms with Crippen LogP contribution in [0.2, 0.25) is 5.02 Å². The van der Waals surface area contributed by atoms with E-state index in [1.165, 1.54) is 0 Å². The maximum Gasteiger partial charge on any atom is 0.258 e. The van der Waals surface area contributed by atoms with Crippen LogP contribution >= 0.6 is 11.6 Å². The quantitative estimate of drug-likeness (QED) is 0.592. The summed E-state index contributed by atoms with van der Waals surface area (Å²) in [5.41, 5.74) is 3.17. The molecular formula is C26H26ClN3O3. The molecule has 6 nitrogen and oxygen atoms in total. The van der Waals surface area contributed by atoms with Gasteiger partial charge in [0.05, 0.1) is 22.7 Å². The van der Waals surface area contributed by atoms with E-state index in [1.807, 2.05) is 43.3 Å². The van der Waals surface area contributed by atoms with Crippen molar-refractivity contribution in [3.05, 3.63) is 94.5 Å². The Hall–Kier alpha value is -3.19. The molecule has 3 aromatic rings. The summed E-state index contributed by atoms with van der Waals surface area (Å²) >= 11 is 6.10. The van der Waals surface area contributed by atoms with Gasteiger partial charge in [0, 0.05) is 23.5 Å². The molecule has 0 radical (unpaired) electrons. The first kappa shape index (κ1) is 23.0. The fourth-order valence-electron chi connectivity index (χ4n) is 4.26. The molecule has 0 fully saturated rings. The monoisotopic (exact) mass is 463 g/mol. The van der Waals surface area contributed by atoms with Crippen molar-refractivity contribution < 1.29 is 14.7 Å². The van der Waals surface area contributed by atoms with Crippen LogP contribution < -0.4 is 10.2 Å². The van der Waals surface area contributed by atoms with E-state index in [0.717, 1.165) is 11.3 Å². The minimum absolute atomic E-state index is 0.155. The fraction of sp³-hybridized carbons (Fsp3) is 0.231. The zero-order chi connectivity index (χ0) is 23.5. The number of hydrogen-bond donors (Lipinski definition) is 2. The second kappa shape index (κ2) is 9.75. The number of benzene rings is 3.